The second kappa shape index (κ2) is 11.5. The van der Waals surface area contributed by atoms with Gasteiger partial charge < -0.3 is 16.0 Å². The molecule has 0 unspecified atom stereocenters. The standard InChI is InChI=1S/C36H32FN3O2/c1-23(25-16-15-24-8-2-3-9-26(24)20-25)39-36(42)28-17-18-33-27(21-28)11-7-19-40(33)22-29-10-6-14-31(34(29)37)30-12-4-5-13-32(30)35(38)41/h2-6,8-10,12-18,20-21,23H,7,11,19,22H2,1H3,(H2,38,41)(H,39,42)/t23-/m0/s1. The lowest BCUT2D eigenvalue weighted by Crippen LogP contribution is -2.30. The van der Waals surface area contributed by atoms with E-state index in [1.165, 1.54) is 5.39 Å². The molecule has 2 amide bonds. The van der Waals surface area contributed by atoms with Gasteiger partial charge in [0.25, 0.3) is 5.91 Å². The van der Waals surface area contributed by atoms with Crippen LogP contribution in [-0.2, 0) is 13.0 Å². The Bertz CT molecular complexity index is 1820. The van der Waals surface area contributed by atoms with E-state index in [4.69, 9.17) is 5.73 Å². The van der Waals surface area contributed by atoms with Crippen molar-refractivity contribution in [1.29, 1.82) is 0 Å². The molecular formula is C36H32FN3O2. The summed E-state index contributed by atoms with van der Waals surface area (Å²) in [4.78, 5) is 27.4. The topological polar surface area (TPSA) is 75.4 Å². The van der Waals surface area contributed by atoms with Crippen molar-refractivity contribution in [2.75, 3.05) is 11.4 Å². The minimum atomic E-state index is -0.591. The van der Waals surface area contributed by atoms with E-state index in [1.807, 2.05) is 37.3 Å². The predicted octanol–water partition coefficient (Wildman–Crippen LogP) is 7.19. The Kier molecular flexibility index (Phi) is 7.44. The van der Waals surface area contributed by atoms with Gasteiger partial charge in [-0.2, -0.15) is 0 Å². The molecule has 5 aromatic carbocycles. The van der Waals surface area contributed by atoms with Crippen LogP contribution in [0.15, 0.2) is 103 Å². The van der Waals surface area contributed by atoms with E-state index >= 15 is 4.39 Å². The number of nitrogens with zero attached hydrogens (tertiary/aromatic N) is 1. The van der Waals surface area contributed by atoms with Gasteiger partial charge in [-0.1, -0.05) is 72.8 Å². The molecular weight excluding hydrogens is 525 g/mol. The smallest absolute Gasteiger partial charge is 0.251 e. The second-order valence-electron chi connectivity index (χ2n) is 10.9. The van der Waals surface area contributed by atoms with Gasteiger partial charge in [0.2, 0.25) is 5.91 Å². The number of amides is 2. The Morgan fingerprint density at radius 3 is 2.48 bits per heavy atom. The Labute approximate surface area is 244 Å². The van der Waals surface area contributed by atoms with E-state index in [1.54, 1.807) is 42.5 Å². The molecule has 210 valence electrons. The second-order valence-corrected chi connectivity index (χ2v) is 10.9. The summed E-state index contributed by atoms with van der Waals surface area (Å²) in [6.07, 6.45) is 1.75. The Hall–Kier alpha value is -4.97. The Balaban J connectivity index is 1.21. The molecule has 42 heavy (non-hydrogen) atoms. The van der Waals surface area contributed by atoms with E-state index in [0.29, 0.717) is 28.8 Å². The fourth-order valence-electron chi connectivity index (χ4n) is 5.87. The average molecular weight is 558 g/mol. The van der Waals surface area contributed by atoms with Crippen LogP contribution in [0.1, 0.15) is 56.8 Å². The normalized spacial score (nSPS) is 13.4. The van der Waals surface area contributed by atoms with Crippen molar-refractivity contribution >= 4 is 28.3 Å². The monoisotopic (exact) mass is 557 g/mol. The Morgan fingerprint density at radius 2 is 1.64 bits per heavy atom. The third-order valence-electron chi connectivity index (χ3n) is 8.10. The highest BCUT2D eigenvalue weighted by Gasteiger charge is 2.22. The number of anilines is 1. The molecule has 1 aliphatic heterocycles. The maximum Gasteiger partial charge on any atom is 0.251 e. The highest BCUT2D eigenvalue weighted by Crippen LogP contribution is 2.33. The number of primary amides is 1. The molecule has 0 radical (unpaired) electrons. The van der Waals surface area contributed by atoms with Crippen LogP contribution in [-0.4, -0.2) is 18.4 Å². The van der Waals surface area contributed by atoms with Crippen molar-refractivity contribution in [2.45, 2.75) is 32.4 Å². The van der Waals surface area contributed by atoms with E-state index in [2.05, 4.69) is 40.5 Å². The predicted molar refractivity (Wildman–Crippen MR) is 166 cm³/mol. The summed E-state index contributed by atoms with van der Waals surface area (Å²) in [5, 5.41) is 5.45. The zero-order valence-electron chi connectivity index (χ0n) is 23.4. The quantitative estimate of drug-likeness (QED) is 0.222. The third kappa shape index (κ3) is 5.36. The molecule has 1 heterocycles. The first-order chi connectivity index (χ1) is 20.4. The lowest BCUT2D eigenvalue weighted by Gasteiger charge is -2.32. The van der Waals surface area contributed by atoms with Crippen LogP contribution in [0.4, 0.5) is 10.1 Å². The van der Waals surface area contributed by atoms with Gasteiger partial charge in [-0.15, -0.1) is 0 Å². The molecule has 0 spiro atoms. The number of rotatable bonds is 7. The molecule has 5 aromatic rings. The van der Waals surface area contributed by atoms with Crippen LogP contribution < -0.4 is 16.0 Å². The van der Waals surface area contributed by atoms with Crippen molar-refractivity contribution in [2.24, 2.45) is 5.73 Å². The zero-order valence-corrected chi connectivity index (χ0v) is 23.4. The molecule has 1 atom stereocenters. The molecule has 0 bridgehead atoms. The highest BCUT2D eigenvalue weighted by molar-refractivity contribution is 6.00. The van der Waals surface area contributed by atoms with E-state index < -0.39 is 5.91 Å². The van der Waals surface area contributed by atoms with E-state index in [-0.39, 0.29) is 23.3 Å². The summed E-state index contributed by atoms with van der Waals surface area (Å²) in [5.74, 6) is -1.08. The fourth-order valence-corrected chi connectivity index (χ4v) is 5.87. The number of carbonyl (C=O) groups is 2. The van der Waals surface area contributed by atoms with Gasteiger partial charge in [-0.25, -0.2) is 4.39 Å². The Morgan fingerprint density at radius 1 is 0.881 bits per heavy atom. The van der Waals surface area contributed by atoms with Crippen LogP contribution in [0.5, 0.6) is 0 Å². The van der Waals surface area contributed by atoms with Crippen LogP contribution >= 0.6 is 0 Å². The molecule has 1 aliphatic rings. The van der Waals surface area contributed by atoms with Crippen LogP contribution in [0.25, 0.3) is 21.9 Å². The summed E-state index contributed by atoms with van der Waals surface area (Å²) >= 11 is 0. The molecule has 0 saturated carbocycles. The van der Waals surface area contributed by atoms with Gasteiger partial charge in [0.05, 0.1) is 6.04 Å². The first-order valence-corrected chi connectivity index (χ1v) is 14.2. The number of hydrogen-bond donors (Lipinski definition) is 2. The van der Waals surface area contributed by atoms with Gasteiger partial charge in [0, 0.05) is 41.0 Å². The largest absolute Gasteiger partial charge is 0.367 e. The van der Waals surface area contributed by atoms with Crippen LogP contribution in [0, 0.1) is 5.82 Å². The molecule has 6 rings (SSSR count). The number of halogens is 1. The summed E-state index contributed by atoms with van der Waals surface area (Å²) in [7, 11) is 0. The molecule has 5 nitrogen and oxygen atoms in total. The number of fused-ring (bicyclic) bond motifs is 2. The van der Waals surface area contributed by atoms with Crippen molar-refractivity contribution in [3.63, 3.8) is 0 Å². The number of benzene rings is 5. The molecule has 0 fully saturated rings. The van der Waals surface area contributed by atoms with Crippen LogP contribution in [0.3, 0.4) is 0 Å². The third-order valence-corrected chi connectivity index (χ3v) is 8.10. The lowest BCUT2D eigenvalue weighted by molar-refractivity contribution is 0.0938. The highest BCUT2D eigenvalue weighted by atomic mass is 19.1. The number of aryl methyl sites for hydroxylation is 1. The van der Waals surface area contributed by atoms with Gasteiger partial charge in [-0.05, 0) is 77.6 Å². The maximum atomic E-state index is 15.8. The fraction of sp³-hybridized carbons (Fsp3) is 0.167. The first kappa shape index (κ1) is 27.2. The first-order valence-electron chi connectivity index (χ1n) is 14.2. The minimum absolute atomic E-state index is 0.123. The summed E-state index contributed by atoms with van der Waals surface area (Å²) in [6, 6.07) is 32.1. The minimum Gasteiger partial charge on any atom is -0.367 e. The molecule has 3 N–H and O–H groups in total. The van der Waals surface area contributed by atoms with Gasteiger partial charge in [0.15, 0.2) is 0 Å². The average Bonchev–Trinajstić information content (AvgIpc) is 3.01. The van der Waals surface area contributed by atoms with Crippen molar-refractivity contribution in [3.8, 4) is 11.1 Å². The number of nitrogens with one attached hydrogen (secondary N) is 1. The van der Waals surface area contributed by atoms with Crippen molar-refractivity contribution in [1.82, 2.24) is 5.32 Å². The zero-order chi connectivity index (χ0) is 29.2. The summed E-state index contributed by atoms with van der Waals surface area (Å²) in [5.41, 5.74) is 10.9. The maximum absolute atomic E-state index is 15.8. The number of hydrogen-bond acceptors (Lipinski definition) is 3. The van der Waals surface area contributed by atoms with E-state index in [9.17, 15) is 9.59 Å². The van der Waals surface area contributed by atoms with Crippen LogP contribution in [0.2, 0.25) is 0 Å². The lowest BCUT2D eigenvalue weighted by atomic mass is 9.95. The molecule has 0 saturated heterocycles. The van der Waals surface area contributed by atoms with Crippen molar-refractivity contribution in [3.05, 3.63) is 137 Å². The molecule has 0 aromatic heterocycles. The van der Waals surface area contributed by atoms with Gasteiger partial charge in [0.1, 0.15) is 5.82 Å². The SMILES string of the molecule is C[C@H](NC(=O)c1ccc2c(c1)CCCN2Cc1cccc(-c2ccccc2C(N)=O)c1F)c1ccc2ccccc2c1. The number of nitrogens with two attached hydrogens (primary N) is 1. The van der Waals surface area contributed by atoms with Gasteiger partial charge in [-0.3, -0.25) is 9.59 Å². The summed E-state index contributed by atoms with van der Waals surface area (Å²) in [6.45, 7) is 3.14. The molecule has 0 aliphatic carbocycles. The number of carbonyl (C=O) groups excluding carboxylic acids is 2. The van der Waals surface area contributed by atoms with E-state index in [0.717, 1.165) is 41.6 Å². The summed E-state index contributed by atoms with van der Waals surface area (Å²) < 4.78 is 15.8. The van der Waals surface area contributed by atoms with Gasteiger partial charge >= 0.3 is 0 Å². The molecule has 6 heteroatoms. The van der Waals surface area contributed by atoms with Crippen molar-refractivity contribution < 1.29 is 14.0 Å².